The van der Waals surface area contributed by atoms with E-state index < -0.39 is 24.5 Å². The van der Waals surface area contributed by atoms with Gasteiger partial charge in [0.05, 0.1) is 25.1 Å². The molecule has 1 saturated heterocycles. The second kappa shape index (κ2) is 7.95. The molecule has 1 heterocycles. The van der Waals surface area contributed by atoms with E-state index in [0.29, 0.717) is 29.7 Å². The van der Waals surface area contributed by atoms with Gasteiger partial charge in [-0.2, -0.15) is 8.42 Å². The lowest BCUT2D eigenvalue weighted by molar-refractivity contribution is 0.109. The van der Waals surface area contributed by atoms with Gasteiger partial charge < -0.3 is 9.16 Å². The Kier molecular flexibility index (Phi) is 7.29. The summed E-state index contributed by atoms with van der Waals surface area (Å²) in [4.78, 5) is 0. The average molecular weight is 367 g/mol. The first-order chi connectivity index (χ1) is 10.4. The number of ether oxygens (including phenoxy) is 1. The molecule has 0 aliphatic carbocycles. The molecule has 5 nitrogen and oxygen atoms in total. The maximum absolute atomic E-state index is 11.5. The fourth-order valence-corrected chi connectivity index (χ4v) is 9.96. The number of epoxide rings is 1. The molecule has 0 aromatic rings. The minimum Gasteiger partial charge on any atom is -0.413 e. The van der Waals surface area contributed by atoms with E-state index in [1.54, 1.807) is 0 Å². The lowest BCUT2D eigenvalue weighted by Gasteiger charge is -2.42. The Bertz CT molecular complexity index is 453. The van der Waals surface area contributed by atoms with E-state index in [4.69, 9.17) is 13.3 Å². The molecule has 0 saturated carbocycles. The Morgan fingerprint density at radius 2 is 1.48 bits per heavy atom. The molecule has 23 heavy (non-hydrogen) atoms. The molecule has 0 radical (unpaired) electrons. The van der Waals surface area contributed by atoms with Gasteiger partial charge in [-0.05, 0) is 23.5 Å². The molecule has 1 aliphatic heterocycles. The zero-order valence-electron chi connectivity index (χ0n) is 15.8. The Morgan fingerprint density at radius 1 is 1.04 bits per heavy atom. The molecule has 1 aliphatic rings. The van der Waals surface area contributed by atoms with Gasteiger partial charge in [-0.3, -0.25) is 4.18 Å². The van der Waals surface area contributed by atoms with Crippen LogP contribution >= 0.6 is 0 Å². The van der Waals surface area contributed by atoms with E-state index in [1.807, 2.05) is 6.92 Å². The molecular weight excluding hydrogens is 332 g/mol. The fraction of sp³-hybridized carbons (Fsp3) is 1.00. The van der Waals surface area contributed by atoms with Crippen LogP contribution in [0.5, 0.6) is 0 Å². The van der Waals surface area contributed by atoms with Crippen LogP contribution in [0, 0.1) is 0 Å². The molecule has 138 valence electrons. The normalized spacial score (nSPS) is 23.8. The summed E-state index contributed by atoms with van der Waals surface area (Å²) in [6, 6.07) is 0. The van der Waals surface area contributed by atoms with Crippen LogP contribution in [-0.4, -0.2) is 47.9 Å². The zero-order chi connectivity index (χ0) is 18.0. The van der Waals surface area contributed by atoms with Crippen molar-refractivity contribution in [1.82, 2.24) is 0 Å². The van der Waals surface area contributed by atoms with E-state index in [1.165, 1.54) is 0 Å². The third kappa shape index (κ3) is 5.81. The van der Waals surface area contributed by atoms with Crippen LogP contribution in [0.1, 0.15) is 54.9 Å². The molecule has 1 rings (SSSR count). The Labute approximate surface area is 143 Å². The molecule has 7 heteroatoms. The van der Waals surface area contributed by atoms with E-state index >= 15 is 0 Å². The van der Waals surface area contributed by atoms with Crippen molar-refractivity contribution in [3.8, 4) is 0 Å². The zero-order valence-corrected chi connectivity index (χ0v) is 17.6. The van der Waals surface area contributed by atoms with Crippen molar-refractivity contribution in [1.29, 1.82) is 0 Å². The quantitative estimate of drug-likeness (QED) is 0.335. The molecule has 0 spiro atoms. The molecular formula is C16H34O5SSi. The number of rotatable bonds is 10. The van der Waals surface area contributed by atoms with Crippen LogP contribution < -0.4 is 0 Å². The van der Waals surface area contributed by atoms with Crippen LogP contribution in [0.2, 0.25) is 16.6 Å². The summed E-state index contributed by atoms with van der Waals surface area (Å²) < 4.78 is 40.2. The van der Waals surface area contributed by atoms with E-state index in [-0.39, 0.29) is 12.2 Å². The van der Waals surface area contributed by atoms with Crippen molar-refractivity contribution in [3.05, 3.63) is 0 Å². The molecule has 0 aromatic heterocycles. The highest BCUT2D eigenvalue weighted by Crippen LogP contribution is 2.42. The largest absolute Gasteiger partial charge is 0.413 e. The smallest absolute Gasteiger partial charge is 0.264 e. The van der Waals surface area contributed by atoms with Crippen LogP contribution in [0.25, 0.3) is 0 Å². The summed E-state index contributed by atoms with van der Waals surface area (Å²) in [7, 11) is -5.54. The predicted molar refractivity (Wildman–Crippen MR) is 95.7 cm³/mol. The summed E-state index contributed by atoms with van der Waals surface area (Å²) in [6.07, 6.45) is 1.45. The SMILES string of the molecule is CC(C)[Si](OC[C@@H](C[C@@H]1O[C@@H]1C)OS(C)(=O)=O)(C(C)C)C(C)C. The predicted octanol–water partition coefficient (Wildman–Crippen LogP) is 3.70. The second-order valence-corrected chi connectivity index (χ2v) is 14.7. The second-order valence-electron chi connectivity index (χ2n) is 7.67. The van der Waals surface area contributed by atoms with Gasteiger partial charge in [-0.15, -0.1) is 0 Å². The maximum atomic E-state index is 11.5. The highest BCUT2D eigenvalue weighted by molar-refractivity contribution is 7.86. The Hall–Kier alpha value is 0.0469. The first-order valence-electron chi connectivity index (χ1n) is 8.57. The van der Waals surface area contributed by atoms with Gasteiger partial charge >= 0.3 is 0 Å². The summed E-state index contributed by atoms with van der Waals surface area (Å²) >= 11 is 0. The van der Waals surface area contributed by atoms with Crippen molar-refractivity contribution in [2.45, 2.75) is 89.8 Å². The van der Waals surface area contributed by atoms with Crippen molar-refractivity contribution in [2.24, 2.45) is 0 Å². The number of hydrogen-bond acceptors (Lipinski definition) is 5. The van der Waals surface area contributed by atoms with Crippen LogP contribution in [0.3, 0.4) is 0 Å². The lowest BCUT2D eigenvalue weighted by Crippen LogP contribution is -2.49. The maximum Gasteiger partial charge on any atom is 0.264 e. The van der Waals surface area contributed by atoms with Gasteiger partial charge in [0.2, 0.25) is 0 Å². The molecule has 0 amide bonds. The van der Waals surface area contributed by atoms with E-state index in [0.717, 1.165) is 6.26 Å². The van der Waals surface area contributed by atoms with Crippen molar-refractivity contribution in [2.75, 3.05) is 12.9 Å². The molecule has 3 atom stereocenters. The minimum atomic E-state index is -3.51. The van der Waals surface area contributed by atoms with Gasteiger partial charge in [0.1, 0.15) is 6.10 Å². The third-order valence-electron chi connectivity index (χ3n) is 4.87. The highest BCUT2D eigenvalue weighted by Gasteiger charge is 2.46. The third-order valence-corrected chi connectivity index (χ3v) is 11.6. The van der Waals surface area contributed by atoms with Crippen LogP contribution in [0.15, 0.2) is 0 Å². The first kappa shape index (κ1) is 21.1. The lowest BCUT2D eigenvalue weighted by atomic mass is 10.2. The Morgan fingerprint density at radius 3 is 1.78 bits per heavy atom. The first-order valence-corrected chi connectivity index (χ1v) is 12.5. The molecule has 0 bridgehead atoms. The van der Waals surface area contributed by atoms with Crippen molar-refractivity contribution >= 4 is 18.4 Å². The Balaban J connectivity index is 2.84. The molecule has 0 N–H and O–H groups in total. The molecule has 1 fully saturated rings. The van der Waals surface area contributed by atoms with Gasteiger partial charge in [0, 0.05) is 6.42 Å². The summed E-state index contributed by atoms with van der Waals surface area (Å²) in [5.74, 6) is 0. The van der Waals surface area contributed by atoms with Gasteiger partial charge in [0.25, 0.3) is 10.1 Å². The minimum absolute atomic E-state index is 0.0820. The fourth-order valence-electron chi connectivity index (χ4n) is 3.86. The monoisotopic (exact) mass is 366 g/mol. The van der Waals surface area contributed by atoms with Gasteiger partial charge in [-0.25, -0.2) is 0 Å². The standard InChI is InChI=1S/C16H34O5SSi/c1-11(2)23(12(3)4,13(5)6)19-10-15(21-22(8,17)18)9-16-14(7)20-16/h11-16H,9-10H2,1-8H3/t14-,15-,16+/m1/s1. The highest BCUT2D eigenvalue weighted by atomic mass is 32.2. The van der Waals surface area contributed by atoms with Crippen molar-refractivity contribution < 1.29 is 21.8 Å². The van der Waals surface area contributed by atoms with Gasteiger partial charge in [-0.1, -0.05) is 41.5 Å². The summed E-state index contributed by atoms with van der Waals surface area (Å²) in [5.41, 5.74) is 1.37. The molecule has 0 unspecified atom stereocenters. The van der Waals surface area contributed by atoms with E-state index in [2.05, 4.69) is 41.5 Å². The van der Waals surface area contributed by atoms with Gasteiger partial charge in [0.15, 0.2) is 8.32 Å². The van der Waals surface area contributed by atoms with E-state index in [9.17, 15) is 8.42 Å². The number of hydrogen-bond donors (Lipinski definition) is 0. The molecule has 0 aromatic carbocycles. The van der Waals surface area contributed by atoms with Crippen LogP contribution in [-0.2, 0) is 23.5 Å². The topological polar surface area (TPSA) is 65.1 Å². The van der Waals surface area contributed by atoms with Crippen molar-refractivity contribution in [3.63, 3.8) is 0 Å². The summed E-state index contributed by atoms with van der Waals surface area (Å²) in [6.45, 7) is 15.6. The summed E-state index contributed by atoms with van der Waals surface area (Å²) in [5, 5.41) is 0. The van der Waals surface area contributed by atoms with Crippen LogP contribution in [0.4, 0.5) is 0 Å². The average Bonchev–Trinajstić information content (AvgIpc) is 3.01.